The highest BCUT2D eigenvalue weighted by Crippen LogP contribution is 2.58. The van der Waals surface area contributed by atoms with E-state index in [1.165, 1.54) is 0 Å². The van der Waals surface area contributed by atoms with Gasteiger partial charge in [0.2, 0.25) is 17.8 Å². The maximum absolute atomic E-state index is 14.8. The number of piperidine rings is 1. The molecule has 7 aliphatic rings. The van der Waals surface area contributed by atoms with Gasteiger partial charge in [-0.15, -0.1) is 0 Å². The monoisotopic (exact) mass is 750 g/mol. The lowest BCUT2D eigenvalue weighted by atomic mass is 9.48. The largest absolute Gasteiger partial charge is 0.479 e. The van der Waals surface area contributed by atoms with Gasteiger partial charge in [0.1, 0.15) is 11.6 Å². The number of fused-ring (bicyclic) bond motifs is 2. The number of carbonyl (C=O) groups excluding carboxylic acids is 1. The molecule has 5 aliphatic carbocycles. The highest BCUT2D eigenvalue weighted by atomic mass is 19.4. The maximum Gasteiger partial charge on any atom is 0.434 e. The Bertz CT molecular complexity index is 1920. The minimum atomic E-state index is -5.01. The first-order valence-electron chi connectivity index (χ1n) is 19.1. The topological polar surface area (TPSA) is 147 Å². The predicted molar refractivity (Wildman–Crippen MR) is 186 cm³/mol. The first-order valence-corrected chi connectivity index (χ1v) is 19.1. The number of anilines is 3. The molecule has 0 aromatic carbocycles. The van der Waals surface area contributed by atoms with Gasteiger partial charge >= 0.3 is 12.1 Å². The molecule has 5 heterocycles. The fraction of sp³-hybridized carbons (Fsp3) is 0.605. The zero-order valence-corrected chi connectivity index (χ0v) is 29.7. The van der Waals surface area contributed by atoms with Crippen LogP contribution in [0.25, 0.3) is 0 Å². The van der Waals surface area contributed by atoms with Gasteiger partial charge in [0, 0.05) is 50.2 Å². The van der Waals surface area contributed by atoms with Crippen molar-refractivity contribution in [3.8, 4) is 5.88 Å². The summed E-state index contributed by atoms with van der Waals surface area (Å²) in [7, 11) is 0. The Kier molecular flexibility index (Phi) is 8.45. The molecule has 1 spiro atoms. The van der Waals surface area contributed by atoms with Crippen LogP contribution in [0.5, 0.6) is 5.88 Å². The van der Waals surface area contributed by atoms with Crippen LogP contribution in [-0.4, -0.2) is 73.2 Å². The van der Waals surface area contributed by atoms with Crippen LogP contribution in [0.3, 0.4) is 0 Å². The summed E-state index contributed by atoms with van der Waals surface area (Å²) >= 11 is 0. The number of carbonyl (C=O) groups is 2. The van der Waals surface area contributed by atoms with E-state index >= 15 is 0 Å². The third kappa shape index (κ3) is 5.90. The van der Waals surface area contributed by atoms with Crippen LogP contribution in [0.4, 0.5) is 35.1 Å². The maximum atomic E-state index is 14.8. The number of aromatic nitrogens is 5. The Morgan fingerprint density at radius 3 is 2.15 bits per heavy atom. The van der Waals surface area contributed by atoms with E-state index in [0.29, 0.717) is 87.5 Å². The van der Waals surface area contributed by atoms with E-state index < -0.39 is 40.7 Å². The number of carboxylic acids is 1. The van der Waals surface area contributed by atoms with Crippen LogP contribution in [0.15, 0.2) is 30.9 Å². The summed E-state index contributed by atoms with van der Waals surface area (Å²) in [5, 5.41) is 13.1. The summed E-state index contributed by atoms with van der Waals surface area (Å²) in [6.45, 7) is 1.58. The zero-order valence-electron chi connectivity index (χ0n) is 29.7. The van der Waals surface area contributed by atoms with Crippen molar-refractivity contribution in [2.75, 3.05) is 29.4 Å². The normalized spacial score (nSPS) is 28.7. The van der Waals surface area contributed by atoms with Crippen LogP contribution in [-0.2, 0) is 16.4 Å². The van der Waals surface area contributed by atoms with Crippen molar-refractivity contribution < 1.29 is 37.0 Å². The molecule has 1 amide bonds. The Labute approximate surface area is 309 Å². The SMILES string of the molecule is O=C(NC1(C(=O)O)C2CC3CC(C2)CC1C3)c1cnc(N2CC3(CCCCC3)c3cc(OC4CCN(c5ncc(F)cn5)CC4)ncc32)nc1C(F)(F)F. The van der Waals surface area contributed by atoms with Crippen LogP contribution in [0.2, 0.25) is 0 Å². The van der Waals surface area contributed by atoms with Crippen molar-refractivity contribution in [2.45, 2.75) is 100 Å². The quantitative estimate of drug-likeness (QED) is 0.265. The highest BCUT2D eigenvalue weighted by molar-refractivity contribution is 5.99. The molecule has 16 heteroatoms. The summed E-state index contributed by atoms with van der Waals surface area (Å²) in [5.41, 5.74) is -2.65. The fourth-order valence-corrected chi connectivity index (χ4v) is 10.9. The molecular formula is C38H42F4N8O4. The number of amides is 1. The number of aliphatic carboxylic acids is 1. The summed E-state index contributed by atoms with van der Waals surface area (Å²) in [4.78, 5) is 51.4. The molecule has 10 rings (SSSR count). The number of halogens is 4. The number of nitrogens with zero attached hydrogens (tertiary/aromatic N) is 7. The highest BCUT2D eigenvalue weighted by Gasteiger charge is 2.62. The number of carboxylic acid groups (broad SMARTS) is 1. The van der Waals surface area contributed by atoms with E-state index in [-0.39, 0.29) is 29.3 Å². The summed E-state index contributed by atoms with van der Waals surface area (Å²) in [6, 6.07) is 1.90. The van der Waals surface area contributed by atoms with Gasteiger partial charge in [-0.2, -0.15) is 13.2 Å². The minimum Gasteiger partial charge on any atom is -0.479 e. The van der Waals surface area contributed by atoms with Crippen LogP contribution >= 0.6 is 0 Å². The average molecular weight is 751 g/mol. The Balaban J connectivity index is 0.980. The molecule has 0 unspecified atom stereocenters. The molecule has 6 fully saturated rings. The third-order valence-corrected chi connectivity index (χ3v) is 13.2. The van der Waals surface area contributed by atoms with Crippen molar-refractivity contribution >= 4 is 29.5 Å². The molecular weight excluding hydrogens is 708 g/mol. The molecule has 0 atom stereocenters. The van der Waals surface area contributed by atoms with Crippen molar-refractivity contribution in [1.82, 2.24) is 30.2 Å². The van der Waals surface area contributed by atoms with Crippen molar-refractivity contribution in [2.24, 2.45) is 23.7 Å². The standard InChI is InChI=1S/C38H42F4N8O4/c39-25-16-44-34(45-17-25)49-8-4-26(5-9-49)54-30-15-28-29(19-43-30)50(20-36(28)6-2-1-3-7-36)35-46-18-27(31(47-35)38(40,41)42)32(51)48-37(33(52)53)23-11-21-10-22(13-23)14-24(37)12-21/h15-19,21-24,26H,1-14,20H2,(H,48,51)(H,52,53). The lowest BCUT2D eigenvalue weighted by molar-refractivity contribution is -0.163. The Morgan fingerprint density at radius 2 is 1.52 bits per heavy atom. The second-order valence-corrected chi connectivity index (χ2v) is 16.3. The van der Waals surface area contributed by atoms with Crippen molar-refractivity contribution in [1.29, 1.82) is 0 Å². The van der Waals surface area contributed by atoms with Gasteiger partial charge in [-0.1, -0.05) is 19.3 Å². The summed E-state index contributed by atoms with van der Waals surface area (Å²) in [5.74, 6) is -2.00. The number of hydrogen-bond donors (Lipinski definition) is 2. The van der Waals surface area contributed by atoms with Gasteiger partial charge in [-0.25, -0.2) is 34.1 Å². The van der Waals surface area contributed by atoms with Crippen LogP contribution < -0.4 is 19.9 Å². The van der Waals surface area contributed by atoms with Crippen LogP contribution in [0, 0.1) is 29.5 Å². The zero-order chi connectivity index (χ0) is 37.4. The van der Waals surface area contributed by atoms with Gasteiger partial charge in [0.25, 0.3) is 5.91 Å². The first-order chi connectivity index (χ1) is 25.9. The molecule has 2 N–H and O–H groups in total. The van der Waals surface area contributed by atoms with E-state index in [1.807, 2.05) is 11.0 Å². The second kappa shape index (κ2) is 13.0. The molecule has 12 nitrogen and oxygen atoms in total. The molecule has 2 aliphatic heterocycles. The number of pyridine rings is 1. The van der Waals surface area contributed by atoms with Crippen molar-refractivity contribution in [3.63, 3.8) is 0 Å². The van der Waals surface area contributed by atoms with E-state index in [9.17, 15) is 32.3 Å². The lowest BCUT2D eigenvalue weighted by Crippen LogP contribution is -2.70. The van der Waals surface area contributed by atoms with Gasteiger partial charge in [0.05, 0.1) is 29.8 Å². The number of hydrogen-bond acceptors (Lipinski definition) is 10. The first kappa shape index (κ1) is 35.1. The fourth-order valence-electron chi connectivity index (χ4n) is 10.9. The molecule has 0 radical (unpaired) electrons. The van der Waals surface area contributed by atoms with Gasteiger partial charge in [-0.3, -0.25) is 4.79 Å². The minimum absolute atomic E-state index is 0.137. The summed E-state index contributed by atoms with van der Waals surface area (Å²) in [6.07, 6.45) is 9.21. The molecule has 3 aromatic rings. The van der Waals surface area contributed by atoms with E-state index in [4.69, 9.17) is 4.74 Å². The number of ether oxygens (including phenoxy) is 1. The van der Waals surface area contributed by atoms with Gasteiger partial charge in [0.15, 0.2) is 11.5 Å². The molecule has 3 aromatic heterocycles. The number of rotatable bonds is 7. The Hall–Kier alpha value is -4.63. The van der Waals surface area contributed by atoms with E-state index in [2.05, 4.69) is 30.2 Å². The third-order valence-electron chi connectivity index (χ3n) is 13.2. The molecule has 1 saturated heterocycles. The number of nitrogens with one attached hydrogen (secondary N) is 1. The van der Waals surface area contributed by atoms with E-state index in [0.717, 1.165) is 62.7 Å². The van der Waals surface area contributed by atoms with Crippen LogP contribution in [0.1, 0.15) is 98.7 Å². The lowest BCUT2D eigenvalue weighted by Gasteiger charge is -2.59. The molecule has 4 bridgehead atoms. The summed E-state index contributed by atoms with van der Waals surface area (Å²) < 4.78 is 64.1. The molecule has 286 valence electrons. The Morgan fingerprint density at radius 1 is 0.870 bits per heavy atom. The molecule has 5 saturated carbocycles. The van der Waals surface area contributed by atoms with E-state index in [1.54, 1.807) is 11.1 Å². The van der Waals surface area contributed by atoms with Gasteiger partial charge < -0.3 is 25.0 Å². The average Bonchev–Trinajstić information content (AvgIpc) is 3.45. The smallest absolute Gasteiger partial charge is 0.434 e. The predicted octanol–water partition coefficient (Wildman–Crippen LogP) is 6.23. The number of alkyl halides is 3. The second-order valence-electron chi connectivity index (χ2n) is 16.3. The van der Waals surface area contributed by atoms with Crippen molar-refractivity contribution in [3.05, 3.63) is 53.5 Å². The molecule has 54 heavy (non-hydrogen) atoms. The van der Waals surface area contributed by atoms with Gasteiger partial charge in [-0.05, 0) is 74.2 Å².